The lowest BCUT2D eigenvalue weighted by molar-refractivity contribution is 0.669. The van der Waals surface area contributed by atoms with Crippen molar-refractivity contribution in [3.63, 3.8) is 0 Å². The predicted molar refractivity (Wildman–Crippen MR) is 264 cm³/mol. The zero-order valence-electron chi connectivity index (χ0n) is 35.0. The fraction of sp³-hybridized carbons (Fsp3) is 0. The van der Waals surface area contributed by atoms with Gasteiger partial charge in [-0.25, -0.2) is 24.9 Å². The monoisotopic (exact) mass is 831 g/mol. The highest BCUT2D eigenvalue weighted by Gasteiger charge is 2.17. The highest BCUT2D eigenvalue weighted by molar-refractivity contribution is 6.19. The average Bonchev–Trinajstić information content (AvgIpc) is 3.78. The van der Waals surface area contributed by atoms with Crippen molar-refractivity contribution in [2.45, 2.75) is 0 Å². The summed E-state index contributed by atoms with van der Waals surface area (Å²) < 4.78 is 6.34. The van der Waals surface area contributed by atoms with E-state index in [1.54, 1.807) is 0 Å². The van der Waals surface area contributed by atoms with Crippen molar-refractivity contribution in [1.82, 2.24) is 24.9 Å². The minimum atomic E-state index is 0.584. The lowest BCUT2D eigenvalue weighted by Crippen LogP contribution is -2.00. The van der Waals surface area contributed by atoms with Crippen molar-refractivity contribution >= 4 is 32.7 Å². The number of fused-ring (bicyclic) bond motifs is 5. The molecule has 12 aromatic rings. The number of furan rings is 1. The maximum absolute atomic E-state index is 6.34. The summed E-state index contributed by atoms with van der Waals surface area (Å²) in [6, 6.07) is 77.0. The first-order valence-corrected chi connectivity index (χ1v) is 21.6. The number of hydrogen-bond acceptors (Lipinski definition) is 6. The molecule has 0 aliphatic rings. The number of nitrogens with zero attached hydrogens (tertiary/aromatic N) is 5. The van der Waals surface area contributed by atoms with Gasteiger partial charge >= 0.3 is 0 Å². The van der Waals surface area contributed by atoms with Crippen LogP contribution in [0.5, 0.6) is 0 Å². The van der Waals surface area contributed by atoms with Crippen LogP contribution in [0.15, 0.2) is 229 Å². The summed E-state index contributed by atoms with van der Waals surface area (Å²) in [4.78, 5) is 25.6. The molecule has 0 aliphatic heterocycles. The van der Waals surface area contributed by atoms with Gasteiger partial charge in [0.2, 0.25) is 0 Å². The molecular weight excluding hydrogens is 795 g/mol. The normalized spacial score (nSPS) is 11.4. The van der Waals surface area contributed by atoms with Gasteiger partial charge in [0.25, 0.3) is 0 Å². The molecule has 3 heterocycles. The third kappa shape index (κ3) is 7.29. The Balaban J connectivity index is 0.937. The van der Waals surface area contributed by atoms with Gasteiger partial charge in [-0.15, -0.1) is 0 Å². The molecular formula is C59H37N5O. The first-order chi connectivity index (χ1) is 32.2. The highest BCUT2D eigenvalue weighted by atomic mass is 16.3. The van der Waals surface area contributed by atoms with Gasteiger partial charge in [-0.05, 0) is 75.5 Å². The number of hydrogen-bond donors (Lipinski definition) is 0. The Morgan fingerprint density at radius 2 is 0.692 bits per heavy atom. The summed E-state index contributed by atoms with van der Waals surface area (Å²) >= 11 is 0. The van der Waals surface area contributed by atoms with E-state index >= 15 is 0 Å². The molecule has 0 fully saturated rings. The third-order valence-corrected chi connectivity index (χ3v) is 11.9. The molecule has 0 N–H and O–H groups in total. The smallest absolute Gasteiger partial charge is 0.164 e. The van der Waals surface area contributed by atoms with Crippen LogP contribution in [0.2, 0.25) is 0 Å². The van der Waals surface area contributed by atoms with Crippen LogP contribution in [0.4, 0.5) is 0 Å². The van der Waals surface area contributed by atoms with Gasteiger partial charge < -0.3 is 4.42 Å². The highest BCUT2D eigenvalue weighted by Crippen LogP contribution is 2.38. The fourth-order valence-corrected chi connectivity index (χ4v) is 8.66. The molecule has 0 radical (unpaired) electrons. The van der Waals surface area contributed by atoms with Gasteiger partial charge in [-0.3, -0.25) is 0 Å². The van der Waals surface area contributed by atoms with E-state index in [0.717, 1.165) is 94.2 Å². The molecule has 12 rings (SSSR count). The van der Waals surface area contributed by atoms with E-state index < -0.39 is 0 Å². The van der Waals surface area contributed by atoms with E-state index in [4.69, 9.17) is 29.3 Å². The van der Waals surface area contributed by atoms with E-state index in [1.165, 1.54) is 5.56 Å². The summed E-state index contributed by atoms with van der Waals surface area (Å²) in [5, 5.41) is 4.41. The van der Waals surface area contributed by atoms with Crippen molar-refractivity contribution in [2.75, 3.05) is 0 Å². The van der Waals surface area contributed by atoms with Crippen LogP contribution in [0, 0.1) is 0 Å². The summed E-state index contributed by atoms with van der Waals surface area (Å²) in [6.07, 6.45) is 0. The lowest BCUT2D eigenvalue weighted by Gasteiger charge is -2.12. The number of aromatic nitrogens is 5. The van der Waals surface area contributed by atoms with Gasteiger partial charge in [0.15, 0.2) is 23.3 Å². The van der Waals surface area contributed by atoms with Gasteiger partial charge in [0, 0.05) is 44.2 Å². The second-order valence-electron chi connectivity index (χ2n) is 16.1. The zero-order valence-corrected chi connectivity index (χ0v) is 35.0. The van der Waals surface area contributed by atoms with Gasteiger partial charge in [-0.1, -0.05) is 182 Å². The van der Waals surface area contributed by atoms with Gasteiger partial charge in [-0.2, -0.15) is 0 Å². The predicted octanol–water partition coefficient (Wildman–Crippen LogP) is 15.1. The molecule has 3 aromatic heterocycles. The molecule has 6 heteroatoms. The lowest BCUT2D eigenvalue weighted by atomic mass is 9.99. The van der Waals surface area contributed by atoms with Gasteiger partial charge in [0.05, 0.1) is 11.4 Å². The Morgan fingerprint density at radius 3 is 1.40 bits per heavy atom. The first-order valence-electron chi connectivity index (χ1n) is 21.6. The Kier molecular flexibility index (Phi) is 9.38. The van der Waals surface area contributed by atoms with E-state index in [-0.39, 0.29) is 0 Å². The third-order valence-electron chi connectivity index (χ3n) is 11.9. The molecule has 0 saturated heterocycles. The summed E-state index contributed by atoms with van der Waals surface area (Å²) in [6.45, 7) is 0. The van der Waals surface area contributed by atoms with Crippen LogP contribution in [0.25, 0.3) is 123 Å². The van der Waals surface area contributed by atoms with E-state index in [1.807, 2.05) is 72.8 Å². The molecule has 0 aliphatic carbocycles. The molecule has 6 nitrogen and oxygen atoms in total. The largest absolute Gasteiger partial charge is 0.456 e. The minimum absolute atomic E-state index is 0.584. The van der Waals surface area contributed by atoms with Crippen LogP contribution >= 0.6 is 0 Å². The van der Waals surface area contributed by atoms with E-state index in [2.05, 4.69) is 152 Å². The Morgan fingerprint density at radius 1 is 0.246 bits per heavy atom. The van der Waals surface area contributed by atoms with Crippen molar-refractivity contribution in [3.8, 4) is 90.3 Å². The molecule has 65 heavy (non-hydrogen) atoms. The van der Waals surface area contributed by atoms with Gasteiger partial charge in [0.1, 0.15) is 11.2 Å². The maximum atomic E-state index is 6.34. The summed E-state index contributed by atoms with van der Waals surface area (Å²) in [7, 11) is 0. The zero-order chi connectivity index (χ0) is 43.1. The topological polar surface area (TPSA) is 77.6 Å². The second-order valence-corrected chi connectivity index (χ2v) is 16.1. The Labute approximate surface area is 375 Å². The molecule has 0 unspecified atom stereocenters. The van der Waals surface area contributed by atoms with Crippen molar-refractivity contribution in [2.24, 2.45) is 0 Å². The average molecular weight is 832 g/mol. The fourth-order valence-electron chi connectivity index (χ4n) is 8.66. The van der Waals surface area contributed by atoms with Crippen LogP contribution in [-0.4, -0.2) is 24.9 Å². The van der Waals surface area contributed by atoms with E-state index in [0.29, 0.717) is 23.3 Å². The Hall–Kier alpha value is -8.87. The molecule has 304 valence electrons. The van der Waals surface area contributed by atoms with Crippen molar-refractivity contribution in [1.29, 1.82) is 0 Å². The van der Waals surface area contributed by atoms with Crippen LogP contribution in [0.3, 0.4) is 0 Å². The number of benzene rings is 9. The van der Waals surface area contributed by atoms with Crippen LogP contribution < -0.4 is 0 Å². The first kappa shape index (κ1) is 37.9. The van der Waals surface area contributed by atoms with E-state index in [9.17, 15) is 0 Å². The molecule has 9 aromatic carbocycles. The minimum Gasteiger partial charge on any atom is -0.456 e. The van der Waals surface area contributed by atoms with Crippen molar-refractivity contribution in [3.05, 3.63) is 224 Å². The van der Waals surface area contributed by atoms with Crippen LogP contribution in [-0.2, 0) is 0 Å². The maximum Gasteiger partial charge on any atom is 0.164 e. The quantitative estimate of drug-likeness (QED) is 0.152. The molecule has 0 amide bonds. The molecule has 0 bridgehead atoms. The standard InChI is InChI=1S/C59H37N5O/c1-4-14-38(15-5-1)39-26-28-43(29-27-39)56-60-51(41-17-6-2-7-18-41)37-52(61-56)46-23-12-21-44(34-46)45-22-13-24-47(35-45)58-62-57(42-19-8-3-9-20-42)63-59(64-58)48-31-32-53-50(36-48)55-49-25-11-10-16-40(49)30-33-54(55)65-53/h1-37H. The SMILES string of the molecule is c1ccc(-c2ccc(-c3nc(-c4ccccc4)cc(-c4cccc(-c5cccc(-c6nc(-c7ccccc7)nc(-c7ccc8oc9ccc%10ccccc%10c9c8c7)n6)c5)c4)n3)cc2)cc1. The summed E-state index contributed by atoms with van der Waals surface area (Å²) in [5.74, 6) is 2.44. The Bertz CT molecular complexity index is 3700. The van der Waals surface area contributed by atoms with Crippen LogP contribution in [0.1, 0.15) is 0 Å². The molecule has 0 saturated carbocycles. The van der Waals surface area contributed by atoms with Crippen molar-refractivity contribution < 1.29 is 4.42 Å². The number of rotatable bonds is 8. The molecule has 0 spiro atoms. The summed E-state index contributed by atoms with van der Waals surface area (Å²) in [5.41, 5.74) is 13.4. The second kappa shape index (κ2) is 16.1. The molecule has 0 atom stereocenters.